The Balaban J connectivity index is 1.76. The van der Waals surface area contributed by atoms with Crippen molar-refractivity contribution >= 4 is 16.1 Å². The van der Waals surface area contributed by atoms with E-state index in [0.717, 1.165) is 17.1 Å². The van der Waals surface area contributed by atoms with Crippen LogP contribution in [0.2, 0.25) is 0 Å². The molecule has 0 N–H and O–H groups in total. The topological polar surface area (TPSA) is 57.7 Å². The van der Waals surface area contributed by atoms with E-state index in [4.69, 9.17) is 0 Å². The molecule has 2 aliphatic heterocycles. The lowest BCUT2D eigenvalue weighted by atomic mass is 9.96. The number of nitrogens with zero attached hydrogens (tertiary/aromatic N) is 2. The van der Waals surface area contributed by atoms with Gasteiger partial charge in [-0.1, -0.05) is 36.8 Å². The molecule has 24 heavy (non-hydrogen) atoms. The Morgan fingerprint density at radius 2 is 1.88 bits per heavy atom. The summed E-state index contributed by atoms with van der Waals surface area (Å²) >= 11 is 0. The molecule has 3 rings (SSSR count). The third kappa shape index (κ3) is 3.04. The van der Waals surface area contributed by atoms with Crippen LogP contribution in [0.3, 0.4) is 0 Å². The lowest BCUT2D eigenvalue weighted by Crippen LogP contribution is -2.39. The zero-order valence-electron chi connectivity index (χ0n) is 13.1. The molecule has 0 saturated carbocycles. The minimum atomic E-state index is -3.87. The van der Waals surface area contributed by atoms with Crippen LogP contribution in [0.4, 0.5) is 8.78 Å². The van der Waals surface area contributed by atoms with Gasteiger partial charge in [0.1, 0.15) is 6.04 Å². The number of carbonyl (C=O) groups is 1. The number of benzene rings is 1. The SMILES string of the molecule is O=C1C2CCCCN2S(=O)(=O)N1CCC(c1ccccc1)C(F)F. The second-order valence-corrected chi connectivity index (χ2v) is 7.99. The van der Waals surface area contributed by atoms with Crippen molar-refractivity contribution in [3.63, 3.8) is 0 Å². The largest absolute Gasteiger partial charge is 0.307 e. The first kappa shape index (κ1) is 17.3. The maximum absolute atomic E-state index is 13.4. The van der Waals surface area contributed by atoms with Gasteiger partial charge in [-0.15, -0.1) is 0 Å². The van der Waals surface area contributed by atoms with Crippen molar-refractivity contribution in [2.75, 3.05) is 13.1 Å². The van der Waals surface area contributed by atoms with E-state index in [0.29, 0.717) is 18.5 Å². The summed E-state index contributed by atoms with van der Waals surface area (Å²) < 4.78 is 53.8. The highest BCUT2D eigenvalue weighted by Gasteiger charge is 2.50. The van der Waals surface area contributed by atoms with Crippen molar-refractivity contribution in [3.8, 4) is 0 Å². The number of halogens is 2. The molecule has 1 aromatic rings. The summed E-state index contributed by atoms with van der Waals surface area (Å²) in [6, 6.07) is 7.62. The fraction of sp³-hybridized carbons (Fsp3) is 0.562. The predicted molar refractivity (Wildman–Crippen MR) is 84.8 cm³/mol. The number of amides is 1. The number of hydrogen-bond acceptors (Lipinski definition) is 3. The molecule has 132 valence electrons. The van der Waals surface area contributed by atoms with Crippen LogP contribution in [0.1, 0.15) is 37.2 Å². The quantitative estimate of drug-likeness (QED) is 0.812. The molecule has 5 nitrogen and oxygen atoms in total. The minimum Gasteiger partial charge on any atom is -0.272 e. The summed E-state index contributed by atoms with van der Waals surface area (Å²) in [4.78, 5) is 12.4. The van der Waals surface area contributed by atoms with Crippen molar-refractivity contribution in [1.29, 1.82) is 0 Å². The van der Waals surface area contributed by atoms with Gasteiger partial charge in [0.05, 0.1) is 0 Å². The molecule has 2 unspecified atom stereocenters. The van der Waals surface area contributed by atoms with Crippen molar-refractivity contribution < 1.29 is 22.0 Å². The van der Waals surface area contributed by atoms with Crippen molar-refractivity contribution in [2.45, 2.75) is 44.1 Å². The lowest BCUT2D eigenvalue weighted by molar-refractivity contribution is -0.128. The van der Waals surface area contributed by atoms with Crippen LogP contribution in [-0.4, -0.2) is 48.5 Å². The molecule has 1 aromatic carbocycles. The van der Waals surface area contributed by atoms with Gasteiger partial charge in [0.15, 0.2) is 0 Å². The van der Waals surface area contributed by atoms with Crippen LogP contribution in [-0.2, 0) is 15.0 Å². The third-order valence-electron chi connectivity index (χ3n) is 4.73. The van der Waals surface area contributed by atoms with Crippen LogP contribution < -0.4 is 0 Å². The third-order valence-corrected chi connectivity index (χ3v) is 6.68. The first-order valence-electron chi connectivity index (χ1n) is 8.09. The molecule has 2 atom stereocenters. The fourth-order valence-corrected chi connectivity index (χ4v) is 5.27. The van der Waals surface area contributed by atoms with E-state index in [1.54, 1.807) is 30.3 Å². The number of hydrogen-bond donors (Lipinski definition) is 0. The Morgan fingerprint density at radius 1 is 1.17 bits per heavy atom. The zero-order chi connectivity index (χ0) is 17.3. The molecule has 2 aliphatic rings. The van der Waals surface area contributed by atoms with E-state index in [-0.39, 0.29) is 13.0 Å². The van der Waals surface area contributed by atoms with E-state index in [2.05, 4.69) is 0 Å². The molecule has 0 bridgehead atoms. The van der Waals surface area contributed by atoms with Gasteiger partial charge in [0, 0.05) is 19.0 Å². The maximum atomic E-state index is 13.4. The molecule has 8 heteroatoms. The summed E-state index contributed by atoms with van der Waals surface area (Å²) in [5.74, 6) is -1.57. The number of alkyl halides is 2. The molecule has 0 radical (unpaired) electrons. The van der Waals surface area contributed by atoms with Crippen molar-refractivity contribution in [2.24, 2.45) is 0 Å². The van der Waals surface area contributed by atoms with Gasteiger partial charge >= 0.3 is 10.2 Å². The highest BCUT2D eigenvalue weighted by atomic mass is 32.2. The summed E-state index contributed by atoms with van der Waals surface area (Å²) in [6.45, 7) is 0.115. The number of carbonyl (C=O) groups excluding carboxylic acids is 1. The summed E-state index contributed by atoms with van der Waals surface area (Å²) in [5, 5.41) is 0. The van der Waals surface area contributed by atoms with E-state index in [9.17, 15) is 22.0 Å². The van der Waals surface area contributed by atoms with E-state index < -0.39 is 34.5 Å². The molecule has 2 saturated heterocycles. The number of fused-ring (bicyclic) bond motifs is 1. The summed E-state index contributed by atoms with van der Waals surface area (Å²) in [7, 11) is -3.87. The average molecular weight is 358 g/mol. The molecule has 0 aromatic heterocycles. The number of rotatable bonds is 5. The maximum Gasteiger partial charge on any atom is 0.307 e. The average Bonchev–Trinajstić information content (AvgIpc) is 2.76. The van der Waals surface area contributed by atoms with Gasteiger partial charge in [0.2, 0.25) is 6.43 Å². The second-order valence-electron chi connectivity index (χ2n) is 6.18. The van der Waals surface area contributed by atoms with Crippen LogP contribution in [0.5, 0.6) is 0 Å². The molecular formula is C16H20F2N2O3S. The molecule has 0 aliphatic carbocycles. The predicted octanol–water partition coefficient (Wildman–Crippen LogP) is 2.37. The molecular weight excluding hydrogens is 338 g/mol. The Morgan fingerprint density at radius 3 is 2.50 bits per heavy atom. The van der Waals surface area contributed by atoms with Gasteiger partial charge in [-0.05, 0) is 24.8 Å². The lowest BCUT2D eigenvalue weighted by Gasteiger charge is -2.24. The van der Waals surface area contributed by atoms with Gasteiger partial charge < -0.3 is 0 Å². The molecule has 1 amide bonds. The Kier molecular flexibility index (Phi) is 4.87. The standard InChI is InChI=1S/C16H20F2N2O3S/c17-15(18)13(12-6-2-1-3-7-12)9-11-20-16(21)14-8-4-5-10-19(14)24(20,22)23/h1-3,6-7,13-15H,4-5,8-11H2. The fourth-order valence-electron chi connectivity index (χ4n) is 3.45. The first-order valence-corrected chi connectivity index (χ1v) is 9.49. The second kappa shape index (κ2) is 6.76. The van der Waals surface area contributed by atoms with Crippen LogP contribution in [0, 0.1) is 0 Å². The van der Waals surface area contributed by atoms with Gasteiger partial charge in [-0.25, -0.2) is 13.1 Å². The van der Waals surface area contributed by atoms with E-state index >= 15 is 0 Å². The summed E-state index contributed by atoms with van der Waals surface area (Å²) in [5.41, 5.74) is 0.453. The smallest absolute Gasteiger partial charge is 0.272 e. The Bertz CT molecular complexity index is 697. The molecule has 0 spiro atoms. The van der Waals surface area contributed by atoms with Crippen LogP contribution >= 0.6 is 0 Å². The van der Waals surface area contributed by atoms with E-state index in [1.165, 1.54) is 4.31 Å². The normalized spacial score (nSPS) is 25.0. The first-order chi connectivity index (χ1) is 11.4. The van der Waals surface area contributed by atoms with Crippen LogP contribution in [0.15, 0.2) is 30.3 Å². The summed E-state index contributed by atoms with van der Waals surface area (Å²) in [6.07, 6.45) is -0.672. The Hall–Kier alpha value is -1.54. The highest BCUT2D eigenvalue weighted by Crippen LogP contribution is 2.33. The van der Waals surface area contributed by atoms with Gasteiger partial charge in [0.25, 0.3) is 5.91 Å². The van der Waals surface area contributed by atoms with E-state index in [1.807, 2.05) is 0 Å². The van der Waals surface area contributed by atoms with Crippen LogP contribution in [0.25, 0.3) is 0 Å². The monoisotopic (exact) mass is 358 g/mol. The van der Waals surface area contributed by atoms with Gasteiger partial charge in [-0.3, -0.25) is 4.79 Å². The minimum absolute atomic E-state index is 0.0901. The molecule has 2 heterocycles. The number of piperidine rings is 1. The highest BCUT2D eigenvalue weighted by molar-refractivity contribution is 7.87. The zero-order valence-corrected chi connectivity index (χ0v) is 14.0. The van der Waals surface area contributed by atoms with Gasteiger partial charge in [-0.2, -0.15) is 12.7 Å². The van der Waals surface area contributed by atoms with Crippen molar-refractivity contribution in [1.82, 2.24) is 8.61 Å². The van der Waals surface area contributed by atoms with Crippen molar-refractivity contribution in [3.05, 3.63) is 35.9 Å². The Labute approximate surface area is 140 Å². The molecule has 2 fully saturated rings.